The van der Waals surface area contributed by atoms with Gasteiger partial charge in [0.15, 0.2) is 0 Å². The molecule has 0 spiro atoms. The number of carbonyl (C=O) groups excluding carboxylic acids is 1. The molecule has 112 valence electrons. The van der Waals surface area contributed by atoms with Crippen LogP contribution in [0.2, 0.25) is 0 Å². The van der Waals surface area contributed by atoms with Gasteiger partial charge in [0, 0.05) is 28.1 Å². The Hall–Kier alpha value is -1.37. The van der Waals surface area contributed by atoms with Gasteiger partial charge in [-0.25, -0.2) is 4.98 Å². The number of nitrogens with zero attached hydrogens (tertiary/aromatic N) is 2. The van der Waals surface area contributed by atoms with Crippen molar-refractivity contribution in [2.24, 2.45) is 5.41 Å². The Morgan fingerprint density at radius 3 is 2.52 bits per heavy atom. The molecule has 2 rings (SSSR count). The number of rotatable bonds is 4. The molecule has 1 unspecified atom stereocenters. The monoisotopic (exact) mass is 397 g/mol. The van der Waals surface area contributed by atoms with Crippen molar-refractivity contribution in [1.82, 2.24) is 14.9 Å². The summed E-state index contributed by atoms with van der Waals surface area (Å²) in [6, 6.07) is 7.62. The first-order chi connectivity index (χ1) is 9.86. The van der Waals surface area contributed by atoms with E-state index in [1.165, 1.54) is 0 Å². The number of aromatic nitrogens is 2. The van der Waals surface area contributed by atoms with Crippen molar-refractivity contribution in [3.05, 3.63) is 52.1 Å². The molecule has 2 aromatic rings. The van der Waals surface area contributed by atoms with E-state index in [1.807, 2.05) is 35.0 Å². The van der Waals surface area contributed by atoms with E-state index in [0.717, 1.165) is 3.57 Å². The minimum atomic E-state index is -0.0386. The van der Waals surface area contributed by atoms with Crippen LogP contribution in [-0.2, 0) is 6.54 Å². The Morgan fingerprint density at radius 1 is 1.33 bits per heavy atom. The quantitative estimate of drug-likeness (QED) is 0.805. The molecule has 21 heavy (non-hydrogen) atoms. The summed E-state index contributed by atoms with van der Waals surface area (Å²) in [5.74, 6) is -0.0357. The third-order valence-electron chi connectivity index (χ3n) is 3.41. The number of halogens is 1. The SMILES string of the molecule is CC(C)(C)C(Cn1ccnc1)NC(=O)c1ccc(I)cc1. The molecule has 4 nitrogen and oxygen atoms in total. The largest absolute Gasteiger partial charge is 0.347 e. The van der Waals surface area contributed by atoms with Gasteiger partial charge in [0.1, 0.15) is 0 Å². The first kappa shape index (κ1) is 16.0. The van der Waals surface area contributed by atoms with Crippen LogP contribution in [0.3, 0.4) is 0 Å². The van der Waals surface area contributed by atoms with Crippen LogP contribution in [0, 0.1) is 8.99 Å². The minimum Gasteiger partial charge on any atom is -0.347 e. The fourth-order valence-electron chi connectivity index (χ4n) is 1.98. The van der Waals surface area contributed by atoms with E-state index < -0.39 is 0 Å². The molecule has 0 aliphatic rings. The highest BCUT2D eigenvalue weighted by atomic mass is 127. The van der Waals surface area contributed by atoms with Gasteiger partial charge in [0.05, 0.1) is 12.4 Å². The van der Waals surface area contributed by atoms with Gasteiger partial charge in [-0.05, 0) is 52.3 Å². The molecule has 1 heterocycles. The van der Waals surface area contributed by atoms with Crippen molar-refractivity contribution < 1.29 is 4.79 Å². The van der Waals surface area contributed by atoms with Gasteiger partial charge in [-0.2, -0.15) is 0 Å². The lowest BCUT2D eigenvalue weighted by Gasteiger charge is -2.31. The van der Waals surface area contributed by atoms with Crippen LogP contribution >= 0.6 is 22.6 Å². The highest BCUT2D eigenvalue weighted by Gasteiger charge is 2.26. The molecule has 1 atom stereocenters. The number of hydrogen-bond donors (Lipinski definition) is 1. The lowest BCUT2D eigenvalue weighted by atomic mass is 9.86. The Labute approximate surface area is 139 Å². The second kappa shape index (κ2) is 6.60. The molecule has 0 saturated heterocycles. The molecule has 0 aliphatic heterocycles. The van der Waals surface area contributed by atoms with Crippen molar-refractivity contribution in [2.75, 3.05) is 0 Å². The number of nitrogens with one attached hydrogen (secondary N) is 1. The zero-order chi connectivity index (χ0) is 15.5. The third kappa shape index (κ3) is 4.56. The molecule has 0 radical (unpaired) electrons. The maximum absolute atomic E-state index is 12.4. The molecule has 0 bridgehead atoms. The summed E-state index contributed by atoms with van der Waals surface area (Å²) in [4.78, 5) is 16.5. The number of amides is 1. The van der Waals surface area contributed by atoms with Crippen molar-refractivity contribution in [3.8, 4) is 0 Å². The van der Waals surface area contributed by atoms with Crippen molar-refractivity contribution in [1.29, 1.82) is 0 Å². The summed E-state index contributed by atoms with van der Waals surface area (Å²) >= 11 is 2.23. The minimum absolute atomic E-state index is 0.0264. The van der Waals surface area contributed by atoms with Gasteiger partial charge in [-0.15, -0.1) is 0 Å². The van der Waals surface area contributed by atoms with Crippen molar-refractivity contribution in [3.63, 3.8) is 0 Å². The molecule has 1 aromatic heterocycles. The molecule has 1 amide bonds. The summed E-state index contributed by atoms with van der Waals surface area (Å²) in [7, 11) is 0. The van der Waals surface area contributed by atoms with Crippen LogP contribution in [0.4, 0.5) is 0 Å². The van der Waals surface area contributed by atoms with Crippen molar-refractivity contribution >= 4 is 28.5 Å². The molecular formula is C16H20IN3O. The van der Waals surface area contributed by atoms with E-state index in [2.05, 4.69) is 53.7 Å². The average Bonchev–Trinajstić information content (AvgIpc) is 2.90. The van der Waals surface area contributed by atoms with Crippen LogP contribution in [0.15, 0.2) is 43.0 Å². The Kier molecular flexibility index (Phi) is 5.03. The lowest BCUT2D eigenvalue weighted by molar-refractivity contribution is 0.0892. The second-order valence-electron chi connectivity index (χ2n) is 6.16. The Bertz CT molecular complexity index is 585. The summed E-state index contributed by atoms with van der Waals surface area (Å²) in [5, 5.41) is 3.14. The molecule has 1 N–H and O–H groups in total. The molecule has 0 saturated carbocycles. The smallest absolute Gasteiger partial charge is 0.251 e. The Balaban J connectivity index is 2.11. The number of imidazole rings is 1. The van der Waals surface area contributed by atoms with Crippen molar-refractivity contribution in [2.45, 2.75) is 33.4 Å². The Morgan fingerprint density at radius 2 is 2.00 bits per heavy atom. The summed E-state index contributed by atoms with van der Waals surface area (Å²) in [6.45, 7) is 7.09. The van der Waals surface area contributed by atoms with Crippen LogP contribution in [0.1, 0.15) is 31.1 Å². The van der Waals surface area contributed by atoms with E-state index in [1.54, 1.807) is 12.5 Å². The third-order valence-corrected chi connectivity index (χ3v) is 4.13. The van der Waals surface area contributed by atoms with Gasteiger partial charge in [0.25, 0.3) is 5.91 Å². The van der Waals surface area contributed by atoms with Gasteiger partial charge < -0.3 is 9.88 Å². The van der Waals surface area contributed by atoms with Crippen LogP contribution in [-0.4, -0.2) is 21.5 Å². The van der Waals surface area contributed by atoms with E-state index in [0.29, 0.717) is 12.1 Å². The topological polar surface area (TPSA) is 46.9 Å². The fraction of sp³-hybridized carbons (Fsp3) is 0.375. The summed E-state index contributed by atoms with van der Waals surface area (Å²) in [5.41, 5.74) is 0.652. The molecular weight excluding hydrogens is 377 g/mol. The van der Waals surface area contributed by atoms with E-state index in [4.69, 9.17) is 0 Å². The highest BCUT2D eigenvalue weighted by Crippen LogP contribution is 2.21. The average molecular weight is 397 g/mol. The van der Waals surface area contributed by atoms with Gasteiger partial charge >= 0.3 is 0 Å². The number of carbonyl (C=O) groups is 1. The van der Waals surface area contributed by atoms with E-state index in [-0.39, 0.29) is 17.4 Å². The summed E-state index contributed by atoms with van der Waals surface area (Å²) in [6.07, 6.45) is 5.44. The van der Waals surface area contributed by atoms with E-state index >= 15 is 0 Å². The maximum atomic E-state index is 12.4. The predicted molar refractivity (Wildman–Crippen MR) is 92.1 cm³/mol. The molecule has 1 aromatic carbocycles. The normalized spacial score (nSPS) is 13.0. The fourth-order valence-corrected chi connectivity index (χ4v) is 2.34. The van der Waals surface area contributed by atoms with Crippen LogP contribution in [0.25, 0.3) is 0 Å². The van der Waals surface area contributed by atoms with Gasteiger partial charge in [-0.3, -0.25) is 4.79 Å². The zero-order valence-corrected chi connectivity index (χ0v) is 14.7. The molecule has 0 aliphatic carbocycles. The lowest BCUT2D eigenvalue weighted by Crippen LogP contribution is -2.46. The molecule has 0 fully saturated rings. The summed E-state index contributed by atoms with van der Waals surface area (Å²) < 4.78 is 3.11. The first-order valence-corrected chi connectivity index (χ1v) is 7.96. The number of hydrogen-bond acceptors (Lipinski definition) is 2. The van der Waals surface area contributed by atoms with Gasteiger partial charge in [-0.1, -0.05) is 20.8 Å². The maximum Gasteiger partial charge on any atom is 0.251 e. The standard InChI is InChI=1S/C16H20IN3O/c1-16(2,3)14(10-20-9-8-18-11-20)19-15(21)12-4-6-13(17)7-5-12/h4-9,11,14H,10H2,1-3H3,(H,19,21). The second-order valence-corrected chi connectivity index (χ2v) is 7.40. The zero-order valence-electron chi connectivity index (χ0n) is 12.5. The van der Waals surface area contributed by atoms with Crippen LogP contribution < -0.4 is 5.32 Å². The highest BCUT2D eigenvalue weighted by molar-refractivity contribution is 14.1. The first-order valence-electron chi connectivity index (χ1n) is 6.88. The van der Waals surface area contributed by atoms with E-state index in [9.17, 15) is 4.79 Å². The molecule has 5 heteroatoms. The van der Waals surface area contributed by atoms with Crippen LogP contribution in [0.5, 0.6) is 0 Å². The van der Waals surface area contributed by atoms with Gasteiger partial charge in [0.2, 0.25) is 0 Å². The predicted octanol–water partition coefficient (Wildman–Crippen LogP) is 3.33. The number of benzene rings is 1.